The maximum absolute atomic E-state index is 10.8. The fourth-order valence-electron chi connectivity index (χ4n) is 1.17. The van der Waals surface area contributed by atoms with E-state index in [0.717, 1.165) is 12.8 Å². The summed E-state index contributed by atoms with van der Waals surface area (Å²) in [4.78, 5) is 10.8. The second-order valence-corrected chi connectivity index (χ2v) is 3.30. The first-order valence-corrected chi connectivity index (χ1v) is 5.10. The van der Waals surface area contributed by atoms with Gasteiger partial charge in [0.1, 0.15) is 0 Å². The summed E-state index contributed by atoms with van der Waals surface area (Å²) in [7, 11) is 0. The highest BCUT2D eigenvalue weighted by Crippen LogP contribution is 2.12. The normalized spacial score (nSPS) is 11.6. The summed E-state index contributed by atoms with van der Waals surface area (Å²) in [5.74, 6) is 0.213. The predicted octanol–water partition coefficient (Wildman–Crippen LogP) is 2.13. The van der Waals surface area contributed by atoms with E-state index in [1.165, 1.54) is 12.8 Å². The number of unbranched alkanes of at least 4 members (excludes halogenated alkanes) is 1. The zero-order chi connectivity index (χ0) is 10.1. The van der Waals surface area contributed by atoms with E-state index in [-0.39, 0.29) is 24.9 Å². The molecule has 0 heterocycles. The SMILES string of the molecule is CCCCC(CC)COC(=O)CN.Cl. The van der Waals surface area contributed by atoms with E-state index in [2.05, 4.69) is 13.8 Å². The Bertz CT molecular complexity index is 142. The molecule has 1 unspecified atom stereocenters. The molecule has 86 valence electrons. The number of carbonyl (C=O) groups is 1. The van der Waals surface area contributed by atoms with Crippen LogP contribution in [0.25, 0.3) is 0 Å². The van der Waals surface area contributed by atoms with Crippen LogP contribution in [0.5, 0.6) is 0 Å². The smallest absolute Gasteiger partial charge is 0.319 e. The average molecular weight is 224 g/mol. The topological polar surface area (TPSA) is 52.3 Å². The van der Waals surface area contributed by atoms with Crippen LogP contribution in [-0.2, 0) is 9.53 Å². The van der Waals surface area contributed by atoms with Gasteiger partial charge in [0.05, 0.1) is 13.2 Å². The van der Waals surface area contributed by atoms with Crippen LogP contribution in [0.2, 0.25) is 0 Å². The van der Waals surface area contributed by atoms with Crippen molar-refractivity contribution >= 4 is 18.4 Å². The summed E-state index contributed by atoms with van der Waals surface area (Å²) < 4.78 is 4.98. The highest BCUT2D eigenvalue weighted by molar-refractivity contribution is 5.85. The zero-order valence-corrected chi connectivity index (χ0v) is 9.94. The van der Waals surface area contributed by atoms with E-state index < -0.39 is 0 Å². The molecule has 0 saturated carbocycles. The number of hydrogen-bond acceptors (Lipinski definition) is 3. The van der Waals surface area contributed by atoms with E-state index in [4.69, 9.17) is 10.5 Å². The number of carbonyl (C=O) groups excluding carboxylic acids is 1. The molecule has 0 aliphatic rings. The maximum Gasteiger partial charge on any atom is 0.319 e. The van der Waals surface area contributed by atoms with Gasteiger partial charge in [-0.2, -0.15) is 0 Å². The lowest BCUT2D eigenvalue weighted by Gasteiger charge is -2.13. The number of hydrogen-bond donors (Lipinski definition) is 1. The first-order valence-electron chi connectivity index (χ1n) is 5.10. The Morgan fingerprint density at radius 1 is 1.43 bits per heavy atom. The van der Waals surface area contributed by atoms with Crippen molar-refractivity contribution in [1.29, 1.82) is 0 Å². The standard InChI is InChI=1S/C10H21NO2.ClH/c1-3-5-6-9(4-2)8-13-10(12)7-11;/h9H,3-8,11H2,1-2H3;1H. The van der Waals surface area contributed by atoms with Crippen molar-refractivity contribution in [2.45, 2.75) is 39.5 Å². The van der Waals surface area contributed by atoms with Crippen LogP contribution in [-0.4, -0.2) is 19.1 Å². The minimum Gasteiger partial charge on any atom is -0.464 e. The molecule has 0 rings (SSSR count). The van der Waals surface area contributed by atoms with E-state index in [0.29, 0.717) is 12.5 Å². The first-order chi connectivity index (χ1) is 6.24. The molecule has 0 aliphatic carbocycles. The minimum absolute atomic E-state index is 0. The van der Waals surface area contributed by atoms with Crippen LogP contribution >= 0.6 is 12.4 Å². The van der Waals surface area contributed by atoms with Gasteiger partial charge in [-0.1, -0.05) is 33.1 Å². The third-order valence-electron chi connectivity index (χ3n) is 2.19. The molecule has 14 heavy (non-hydrogen) atoms. The number of nitrogens with two attached hydrogens (primary N) is 1. The number of rotatable bonds is 7. The number of esters is 1. The molecule has 0 amide bonds. The quantitative estimate of drug-likeness (QED) is 0.673. The molecule has 4 heteroatoms. The van der Waals surface area contributed by atoms with Crippen LogP contribution in [0.15, 0.2) is 0 Å². The van der Waals surface area contributed by atoms with Crippen LogP contribution in [0, 0.1) is 5.92 Å². The van der Waals surface area contributed by atoms with Gasteiger partial charge in [-0.3, -0.25) is 4.79 Å². The summed E-state index contributed by atoms with van der Waals surface area (Å²) >= 11 is 0. The molecule has 0 saturated heterocycles. The molecule has 0 fully saturated rings. The van der Waals surface area contributed by atoms with Crippen molar-refractivity contribution in [3.63, 3.8) is 0 Å². The lowest BCUT2D eigenvalue weighted by Crippen LogP contribution is -2.20. The molecule has 0 aromatic rings. The van der Waals surface area contributed by atoms with Crippen molar-refractivity contribution in [2.24, 2.45) is 11.7 Å². The Balaban J connectivity index is 0. The maximum atomic E-state index is 10.8. The fraction of sp³-hybridized carbons (Fsp3) is 0.900. The number of halogens is 1. The second kappa shape index (κ2) is 10.8. The van der Waals surface area contributed by atoms with E-state index in [1.807, 2.05) is 0 Å². The number of ether oxygens (including phenoxy) is 1. The summed E-state index contributed by atoms with van der Waals surface area (Å²) in [5.41, 5.74) is 5.13. The van der Waals surface area contributed by atoms with Crippen molar-refractivity contribution in [2.75, 3.05) is 13.2 Å². The van der Waals surface area contributed by atoms with Gasteiger partial charge in [0.25, 0.3) is 0 Å². The molecule has 0 bridgehead atoms. The third-order valence-corrected chi connectivity index (χ3v) is 2.19. The van der Waals surface area contributed by atoms with E-state index in [1.54, 1.807) is 0 Å². The van der Waals surface area contributed by atoms with E-state index in [9.17, 15) is 4.79 Å². The van der Waals surface area contributed by atoms with Crippen LogP contribution in [0.3, 0.4) is 0 Å². The molecular weight excluding hydrogens is 202 g/mol. The summed E-state index contributed by atoms with van der Waals surface area (Å²) in [6, 6.07) is 0. The van der Waals surface area contributed by atoms with Crippen molar-refractivity contribution in [3.8, 4) is 0 Å². The van der Waals surface area contributed by atoms with Crippen LogP contribution in [0.1, 0.15) is 39.5 Å². The Morgan fingerprint density at radius 2 is 2.07 bits per heavy atom. The van der Waals surface area contributed by atoms with Gasteiger partial charge in [-0.05, 0) is 12.3 Å². The highest BCUT2D eigenvalue weighted by atomic mass is 35.5. The Kier molecular flexibility index (Phi) is 12.5. The van der Waals surface area contributed by atoms with Crippen molar-refractivity contribution in [3.05, 3.63) is 0 Å². The lowest BCUT2D eigenvalue weighted by atomic mass is 10.0. The lowest BCUT2D eigenvalue weighted by molar-refractivity contribution is -0.143. The van der Waals surface area contributed by atoms with Gasteiger partial charge in [-0.15, -0.1) is 12.4 Å². The second-order valence-electron chi connectivity index (χ2n) is 3.30. The molecule has 0 aromatic heterocycles. The van der Waals surface area contributed by atoms with Gasteiger partial charge in [0.2, 0.25) is 0 Å². The molecule has 3 nitrogen and oxygen atoms in total. The van der Waals surface area contributed by atoms with Gasteiger partial charge in [0, 0.05) is 0 Å². The molecular formula is C10H22ClNO2. The Labute approximate surface area is 92.8 Å². The molecule has 0 radical (unpaired) electrons. The van der Waals surface area contributed by atoms with Crippen LogP contribution < -0.4 is 5.73 Å². The monoisotopic (exact) mass is 223 g/mol. The molecule has 2 N–H and O–H groups in total. The predicted molar refractivity (Wildman–Crippen MR) is 60.6 cm³/mol. The molecule has 1 atom stereocenters. The molecule has 0 spiro atoms. The van der Waals surface area contributed by atoms with Gasteiger partial charge in [-0.25, -0.2) is 0 Å². The first kappa shape index (κ1) is 16.2. The summed E-state index contributed by atoms with van der Waals surface area (Å²) in [6.45, 7) is 4.81. The zero-order valence-electron chi connectivity index (χ0n) is 9.12. The Hall–Kier alpha value is -0.280. The Morgan fingerprint density at radius 3 is 2.50 bits per heavy atom. The summed E-state index contributed by atoms with van der Waals surface area (Å²) in [5, 5.41) is 0. The van der Waals surface area contributed by atoms with Gasteiger partial charge < -0.3 is 10.5 Å². The van der Waals surface area contributed by atoms with E-state index >= 15 is 0 Å². The highest BCUT2D eigenvalue weighted by Gasteiger charge is 2.08. The van der Waals surface area contributed by atoms with Crippen molar-refractivity contribution < 1.29 is 9.53 Å². The minimum atomic E-state index is -0.296. The van der Waals surface area contributed by atoms with Crippen molar-refractivity contribution in [1.82, 2.24) is 0 Å². The largest absolute Gasteiger partial charge is 0.464 e. The molecule has 0 aromatic carbocycles. The average Bonchev–Trinajstić information content (AvgIpc) is 2.17. The summed E-state index contributed by atoms with van der Waals surface area (Å²) in [6.07, 6.45) is 4.61. The van der Waals surface area contributed by atoms with Crippen LogP contribution in [0.4, 0.5) is 0 Å². The van der Waals surface area contributed by atoms with Gasteiger partial charge >= 0.3 is 5.97 Å². The molecule has 0 aliphatic heterocycles. The third kappa shape index (κ3) is 8.32. The van der Waals surface area contributed by atoms with Gasteiger partial charge in [0.15, 0.2) is 0 Å². The fourth-order valence-corrected chi connectivity index (χ4v) is 1.17.